The van der Waals surface area contributed by atoms with Gasteiger partial charge < -0.3 is 10.6 Å². The first-order valence-corrected chi connectivity index (χ1v) is 15.0. The maximum absolute atomic E-state index is 12.7. The Morgan fingerprint density at radius 1 is 0.630 bits per heavy atom. The summed E-state index contributed by atoms with van der Waals surface area (Å²) in [5, 5.41) is 10.7. The highest BCUT2D eigenvalue weighted by molar-refractivity contribution is 6.26. The molecule has 2 saturated heterocycles. The molecule has 0 bridgehead atoms. The van der Waals surface area contributed by atoms with Crippen molar-refractivity contribution >= 4 is 58.6 Å². The van der Waals surface area contributed by atoms with E-state index < -0.39 is 47.5 Å². The van der Waals surface area contributed by atoms with Gasteiger partial charge in [-0.3, -0.25) is 58.8 Å². The van der Waals surface area contributed by atoms with Gasteiger partial charge >= 0.3 is 0 Å². The third-order valence-corrected chi connectivity index (χ3v) is 7.81. The van der Waals surface area contributed by atoms with Gasteiger partial charge in [0.25, 0.3) is 23.6 Å². The first-order valence-electron chi connectivity index (χ1n) is 15.0. The molecule has 0 saturated carbocycles. The van der Waals surface area contributed by atoms with Crippen molar-refractivity contribution in [2.75, 3.05) is 10.6 Å². The van der Waals surface area contributed by atoms with Crippen molar-refractivity contribution in [3.8, 4) is 0 Å². The number of hydrogen-bond donors (Lipinski definition) is 4. The molecule has 2 fully saturated rings. The summed E-state index contributed by atoms with van der Waals surface area (Å²) < 4.78 is 0. The van der Waals surface area contributed by atoms with Gasteiger partial charge in [0.15, 0.2) is 0 Å². The molecular weight excluding hydrogens is 596 g/mol. The molecule has 2 atom stereocenters. The zero-order chi connectivity index (χ0) is 33.4. The van der Waals surface area contributed by atoms with Crippen LogP contribution in [-0.4, -0.2) is 81.2 Å². The SMILES string of the molecule is CC(C)Nc1ccc2c(c1)C(=O)N(C1CCC(=O)NC1=O)C2=O.CC(C)Nc1cccc2c1C(=O)N(C1CCC(=O)NC1=O)C2=O. The minimum Gasteiger partial charge on any atom is -0.383 e. The molecule has 0 aliphatic carbocycles. The lowest BCUT2D eigenvalue weighted by Crippen LogP contribution is -2.54. The van der Waals surface area contributed by atoms with E-state index in [4.69, 9.17) is 0 Å². The third kappa shape index (κ3) is 5.97. The predicted molar refractivity (Wildman–Crippen MR) is 164 cm³/mol. The highest BCUT2D eigenvalue weighted by Gasteiger charge is 2.46. The van der Waals surface area contributed by atoms with Gasteiger partial charge in [-0.1, -0.05) is 6.07 Å². The summed E-state index contributed by atoms with van der Waals surface area (Å²) in [6.07, 6.45) is 0.543. The number of rotatable bonds is 6. The Kier molecular flexibility index (Phi) is 8.72. The molecule has 4 aliphatic heterocycles. The number of carbonyl (C=O) groups excluding carboxylic acids is 8. The summed E-state index contributed by atoms with van der Waals surface area (Å²) in [4.78, 5) is 98.8. The number of nitrogens with zero attached hydrogens (tertiary/aromatic N) is 2. The fourth-order valence-corrected chi connectivity index (χ4v) is 5.84. The molecule has 8 amide bonds. The minimum absolute atomic E-state index is 0.0917. The molecule has 46 heavy (non-hydrogen) atoms. The lowest BCUT2D eigenvalue weighted by atomic mass is 10.0. The van der Waals surface area contributed by atoms with Crippen molar-refractivity contribution in [1.82, 2.24) is 20.4 Å². The van der Waals surface area contributed by atoms with E-state index in [1.807, 2.05) is 27.7 Å². The molecule has 4 aliphatic rings. The topological polar surface area (TPSA) is 191 Å². The van der Waals surface area contributed by atoms with E-state index in [2.05, 4.69) is 21.3 Å². The molecule has 0 spiro atoms. The normalized spacial score (nSPS) is 20.8. The van der Waals surface area contributed by atoms with Crippen LogP contribution in [0.1, 0.15) is 94.8 Å². The number of benzene rings is 2. The van der Waals surface area contributed by atoms with Crippen molar-refractivity contribution in [2.45, 2.75) is 77.5 Å². The Bertz CT molecular complexity index is 1690. The van der Waals surface area contributed by atoms with Crippen LogP contribution >= 0.6 is 0 Å². The Morgan fingerprint density at radius 2 is 1.15 bits per heavy atom. The number of amides is 8. The summed E-state index contributed by atoms with van der Waals surface area (Å²) in [5.74, 6) is -3.95. The fourth-order valence-electron chi connectivity index (χ4n) is 5.84. The molecule has 2 aromatic rings. The van der Waals surface area contributed by atoms with Gasteiger partial charge in [0.2, 0.25) is 23.6 Å². The van der Waals surface area contributed by atoms with Gasteiger partial charge in [0.1, 0.15) is 12.1 Å². The van der Waals surface area contributed by atoms with Crippen LogP contribution in [0.5, 0.6) is 0 Å². The summed E-state index contributed by atoms with van der Waals surface area (Å²) in [6, 6.07) is 8.37. The molecule has 6 rings (SSSR count). The van der Waals surface area contributed by atoms with Gasteiger partial charge in [0, 0.05) is 36.3 Å². The average molecular weight is 631 g/mol. The van der Waals surface area contributed by atoms with Crippen LogP contribution in [0.15, 0.2) is 36.4 Å². The van der Waals surface area contributed by atoms with Crippen LogP contribution in [0, 0.1) is 0 Å². The van der Waals surface area contributed by atoms with E-state index in [-0.39, 0.29) is 71.8 Å². The highest BCUT2D eigenvalue weighted by Crippen LogP contribution is 2.33. The number of piperidine rings is 2. The van der Waals surface area contributed by atoms with Gasteiger partial charge in [-0.2, -0.15) is 0 Å². The Labute approximate surface area is 264 Å². The molecule has 14 heteroatoms. The molecule has 0 radical (unpaired) electrons. The zero-order valence-corrected chi connectivity index (χ0v) is 25.8. The van der Waals surface area contributed by atoms with Crippen LogP contribution in [-0.2, 0) is 19.2 Å². The predicted octanol–water partition coefficient (Wildman–Crippen LogP) is 1.82. The average Bonchev–Trinajstić information content (AvgIpc) is 3.37. The monoisotopic (exact) mass is 630 g/mol. The number of imide groups is 4. The second-order valence-corrected chi connectivity index (χ2v) is 12.0. The van der Waals surface area contributed by atoms with Gasteiger partial charge in [-0.15, -0.1) is 0 Å². The largest absolute Gasteiger partial charge is 0.383 e. The van der Waals surface area contributed by atoms with E-state index in [1.165, 1.54) is 0 Å². The maximum Gasteiger partial charge on any atom is 0.264 e. The lowest BCUT2D eigenvalue weighted by Gasteiger charge is -2.27. The number of carbonyl (C=O) groups is 8. The van der Waals surface area contributed by atoms with E-state index in [1.54, 1.807) is 36.4 Å². The third-order valence-electron chi connectivity index (χ3n) is 7.81. The molecule has 0 aromatic heterocycles. The highest BCUT2D eigenvalue weighted by atomic mass is 16.2. The summed E-state index contributed by atoms with van der Waals surface area (Å²) >= 11 is 0. The molecule has 2 aromatic carbocycles. The smallest absolute Gasteiger partial charge is 0.264 e. The summed E-state index contributed by atoms with van der Waals surface area (Å²) in [7, 11) is 0. The van der Waals surface area contributed by atoms with Crippen LogP contribution in [0.3, 0.4) is 0 Å². The maximum atomic E-state index is 12.7. The summed E-state index contributed by atoms with van der Waals surface area (Å²) in [6.45, 7) is 7.79. The molecule has 240 valence electrons. The zero-order valence-electron chi connectivity index (χ0n) is 25.8. The van der Waals surface area contributed by atoms with E-state index in [0.29, 0.717) is 5.69 Å². The van der Waals surface area contributed by atoms with Crippen molar-refractivity contribution in [3.05, 3.63) is 58.7 Å². The summed E-state index contributed by atoms with van der Waals surface area (Å²) in [5.41, 5.74) is 2.45. The minimum atomic E-state index is -0.938. The molecule has 4 N–H and O–H groups in total. The Morgan fingerprint density at radius 3 is 1.70 bits per heavy atom. The standard InChI is InChI=1S/2C16H17N3O4/c1-8(2)17-9-3-4-10-11(7-9)16(23)19(15(10)22)12-5-6-13(20)18-14(12)21;1-8(2)17-10-5-3-4-9-13(10)16(23)19(15(9)22)11-6-7-12(20)18-14(11)21/h3-4,7-8,12,17H,5-6H2,1-2H3,(H,18,20,21);3-5,8,11,17H,6-7H2,1-2H3,(H,18,20,21). The van der Waals surface area contributed by atoms with E-state index >= 15 is 0 Å². The van der Waals surface area contributed by atoms with Gasteiger partial charge in [-0.25, -0.2) is 0 Å². The van der Waals surface area contributed by atoms with Crippen LogP contribution < -0.4 is 21.3 Å². The first kappa shape index (κ1) is 32.0. The molecular formula is C32H34N6O8. The molecule has 2 unspecified atom stereocenters. The quantitative estimate of drug-likeness (QED) is 0.343. The van der Waals surface area contributed by atoms with Crippen LogP contribution in [0.25, 0.3) is 0 Å². The Hall–Kier alpha value is -5.40. The van der Waals surface area contributed by atoms with Crippen molar-refractivity contribution in [2.24, 2.45) is 0 Å². The number of fused-ring (bicyclic) bond motifs is 2. The second-order valence-electron chi connectivity index (χ2n) is 12.0. The van der Waals surface area contributed by atoms with Crippen molar-refractivity contribution < 1.29 is 38.4 Å². The number of nitrogens with one attached hydrogen (secondary N) is 4. The van der Waals surface area contributed by atoms with Gasteiger partial charge in [0.05, 0.1) is 22.3 Å². The molecule has 14 nitrogen and oxygen atoms in total. The van der Waals surface area contributed by atoms with Crippen molar-refractivity contribution in [3.63, 3.8) is 0 Å². The molecule has 4 heterocycles. The van der Waals surface area contributed by atoms with Gasteiger partial charge in [-0.05, 0) is 70.9 Å². The van der Waals surface area contributed by atoms with Crippen LogP contribution in [0.2, 0.25) is 0 Å². The second kappa shape index (κ2) is 12.5. The number of anilines is 2. The van der Waals surface area contributed by atoms with E-state index in [9.17, 15) is 38.4 Å². The fraction of sp³-hybridized carbons (Fsp3) is 0.375. The van der Waals surface area contributed by atoms with Crippen LogP contribution in [0.4, 0.5) is 11.4 Å². The number of hydrogen-bond acceptors (Lipinski definition) is 10. The first-order chi connectivity index (χ1) is 21.8. The Balaban J connectivity index is 0.000000181. The lowest BCUT2D eigenvalue weighted by molar-refractivity contribution is -0.137. The van der Waals surface area contributed by atoms with E-state index in [0.717, 1.165) is 15.5 Å². The van der Waals surface area contributed by atoms with Crippen molar-refractivity contribution in [1.29, 1.82) is 0 Å².